The minimum Gasteiger partial charge on any atom is -0.486 e. The van der Waals surface area contributed by atoms with Crippen molar-refractivity contribution in [2.75, 3.05) is 0 Å². The van der Waals surface area contributed by atoms with E-state index in [1.165, 1.54) is 6.08 Å². The van der Waals surface area contributed by atoms with Gasteiger partial charge in [-0.05, 0) is 50.3 Å². The van der Waals surface area contributed by atoms with E-state index in [2.05, 4.69) is 5.10 Å². The lowest BCUT2D eigenvalue weighted by molar-refractivity contribution is 0.104. The standard InChI is InChI=1S/C20H18Cl2N2O3/c1-12-20(13(2)24(3)23-12)19(25)9-7-14-4-5-16(27-14)11-26-15-6-8-17(21)18(22)10-15/h4-10H,11H2,1-3H3/b9-7+. The summed E-state index contributed by atoms with van der Waals surface area (Å²) in [5, 5.41) is 5.16. The van der Waals surface area contributed by atoms with Crippen LogP contribution in [-0.4, -0.2) is 15.6 Å². The maximum absolute atomic E-state index is 12.4. The zero-order valence-electron chi connectivity index (χ0n) is 15.1. The van der Waals surface area contributed by atoms with E-state index in [9.17, 15) is 4.79 Å². The van der Waals surface area contributed by atoms with E-state index in [-0.39, 0.29) is 12.4 Å². The van der Waals surface area contributed by atoms with Gasteiger partial charge in [-0.2, -0.15) is 5.10 Å². The highest BCUT2D eigenvalue weighted by molar-refractivity contribution is 6.42. The summed E-state index contributed by atoms with van der Waals surface area (Å²) in [5.74, 6) is 1.68. The number of carbonyl (C=O) groups excluding carboxylic acids is 1. The van der Waals surface area contributed by atoms with Crippen LogP contribution in [0.4, 0.5) is 0 Å². The lowest BCUT2D eigenvalue weighted by Gasteiger charge is -2.05. The fraction of sp³-hybridized carbons (Fsp3) is 0.200. The van der Waals surface area contributed by atoms with Crippen LogP contribution in [0.2, 0.25) is 10.0 Å². The molecule has 0 saturated heterocycles. The highest BCUT2D eigenvalue weighted by atomic mass is 35.5. The summed E-state index contributed by atoms with van der Waals surface area (Å²) in [6.07, 6.45) is 3.12. The third kappa shape index (κ3) is 4.43. The van der Waals surface area contributed by atoms with Crippen molar-refractivity contribution in [2.45, 2.75) is 20.5 Å². The molecular weight excluding hydrogens is 387 g/mol. The highest BCUT2D eigenvalue weighted by Gasteiger charge is 2.15. The van der Waals surface area contributed by atoms with E-state index in [1.54, 1.807) is 41.1 Å². The number of aryl methyl sites for hydroxylation is 2. The summed E-state index contributed by atoms with van der Waals surface area (Å²) in [6, 6.07) is 8.62. The summed E-state index contributed by atoms with van der Waals surface area (Å²) in [6.45, 7) is 3.92. The molecule has 2 aromatic heterocycles. The van der Waals surface area contributed by atoms with Crippen LogP contribution in [0.15, 0.2) is 40.8 Å². The summed E-state index contributed by atoms with van der Waals surface area (Å²) >= 11 is 11.8. The SMILES string of the molecule is Cc1nn(C)c(C)c1C(=O)/C=C/c1ccc(COc2ccc(Cl)c(Cl)c2)o1. The van der Waals surface area contributed by atoms with E-state index in [0.29, 0.717) is 38.6 Å². The van der Waals surface area contributed by atoms with E-state index < -0.39 is 0 Å². The van der Waals surface area contributed by atoms with Crippen molar-refractivity contribution in [3.8, 4) is 5.75 Å². The number of carbonyl (C=O) groups is 1. The highest BCUT2D eigenvalue weighted by Crippen LogP contribution is 2.27. The van der Waals surface area contributed by atoms with Crippen LogP contribution in [0.5, 0.6) is 5.75 Å². The number of benzene rings is 1. The molecule has 1 aromatic carbocycles. The van der Waals surface area contributed by atoms with Gasteiger partial charge in [-0.3, -0.25) is 9.48 Å². The average Bonchev–Trinajstić information content (AvgIpc) is 3.18. The quantitative estimate of drug-likeness (QED) is 0.406. The largest absolute Gasteiger partial charge is 0.486 e. The van der Waals surface area contributed by atoms with Gasteiger partial charge in [0.25, 0.3) is 0 Å². The molecule has 0 spiro atoms. The van der Waals surface area contributed by atoms with E-state index in [1.807, 2.05) is 20.9 Å². The fourth-order valence-corrected chi connectivity index (χ4v) is 2.94. The van der Waals surface area contributed by atoms with E-state index >= 15 is 0 Å². The number of allylic oxidation sites excluding steroid dienone is 1. The molecule has 0 atom stereocenters. The van der Waals surface area contributed by atoms with Crippen LogP contribution >= 0.6 is 23.2 Å². The van der Waals surface area contributed by atoms with Crippen molar-refractivity contribution >= 4 is 35.1 Å². The molecule has 0 amide bonds. The van der Waals surface area contributed by atoms with Crippen molar-refractivity contribution in [2.24, 2.45) is 7.05 Å². The molecule has 5 nitrogen and oxygen atoms in total. The summed E-state index contributed by atoms with van der Waals surface area (Å²) < 4.78 is 13.0. The first-order chi connectivity index (χ1) is 12.8. The second kappa shape index (κ2) is 8.03. The Morgan fingerprint density at radius 2 is 2.00 bits per heavy atom. The maximum Gasteiger partial charge on any atom is 0.189 e. The Labute approximate surface area is 167 Å². The number of ether oxygens (including phenoxy) is 1. The molecule has 0 unspecified atom stereocenters. The molecule has 0 fully saturated rings. The van der Waals surface area contributed by atoms with Crippen LogP contribution in [0, 0.1) is 13.8 Å². The maximum atomic E-state index is 12.4. The number of rotatable bonds is 6. The van der Waals surface area contributed by atoms with Crippen molar-refractivity contribution < 1.29 is 13.9 Å². The molecule has 0 bridgehead atoms. The van der Waals surface area contributed by atoms with Crippen LogP contribution in [0.1, 0.15) is 33.3 Å². The molecule has 0 aliphatic heterocycles. The first kappa shape index (κ1) is 19.3. The molecule has 3 rings (SSSR count). The molecule has 0 saturated carbocycles. The summed E-state index contributed by atoms with van der Waals surface area (Å²) in [4.78, 5) is 12.4. The Morgan fingerprint density at radius 3 is 2.67 bits per heavy atom. The monoisotopic (exact) mass is 404 g/mol. The molecule has 0 N–H and O–H groups in total. The first-order valence-corrected chi connectivity index (χ1v) is 9.00. The van der Waals surface area contributed by atoms with Crippen LogP contribution in [0.25, 0.3) is 6.08 Å². The topological polar surface area (TPSA) is 57.3 Å². The summed E-state index contributed by atoms with van der Waals surface area (Å²) in [7, 11) is 1.81. The van der Waals surface area contributed by atoms with Crippen molar-refractivity contribution in [1.82, 2.24) is 9.78 Å². The summed E-state index contributed by atoms with van der Waals surface area (Å²) in [5.41, 5.74) is 2.15. The van der Waals surface area contributed by atoms with Gasteiger partial charge in [-0.25, -0.2) is 0 Å². The Hall–Kier alpha value is -2.50. The third-order valence-corrected chi connectivity index (χ3v) is 4.85. The first-order valence-electron chi connectivity index (χ1n) is 8.24. The average molecular weight is 405 g/mol. The Balaban J connectivity index is 1.64. The number of ketones is 1. The Morgan fingerprint density at radius 1 is 1.22 bits per heavy atom. The molecule has 0 radical (unpaired) electrons. The van der Waals surface area contributed by atoms with E-state index in [0.717, 1.165) is 5.69 Å². The number of furan rings is 1. The number of nitrogens with zero attached hydrogens (tertiary/aromatic N) is 2. The van der Waals surface area contributed by atoms with Crippen molar-refractivity contribution in [3.63, 3.8) is 0 Å². The predicted octanol–water partition coefficient (Wildman–Crippen LogP) is 5.41. The van der Waals surface area contributed by atoms with Crippen LogP contribution < -0.4 is 4.74 Å². The minimum atomic E-state index is -0.108. The molecule has 0 aliphatic rings. The lowest BCUT2D eigenvalue weighted by Crippen LogP contribution is -1.99. The molecule has 2 heterocycles. The molecule has 27 heavy (non-hydrogen) atoms. The van der Waals surface area contributed by atoms with Gasteiger partial charge >= 0.3 is 0 Å². The molecule has 0 aliphatic carbocycles. The third-order valence-electron chi connectivity index (χ3n) is 4.11. The van der Waals surface area contributed by atoms with Gasteiger partial charge in [0, 0.05) is 18.8 Å². The minimum absolute atomic E-state index is 0.108. The zero-order valence-corrected chi connectivity index (χ0v) is 16.6. The van der Waals surface area contributed by atoms with E-state index in [4.69, 9.17) is 32.4 Å². The van der Waals surface area contributed by atoms with Gasteiger partial charge in [0.2, 0.25) is 0 Å². The second-order valence-electron chi connectivity index (χ2n) is 6.04. The van der Waals surface area contributed by atoms with Gasteiger partial charge in [0.1, 0.15) is 23.9 Å². The van der Waals surface area contributed by atoms with Gasteiger partial charge in [0.15, 0.2) is 5.78 Å². The molecule has 3 aromatic rings. The normalized spacial score (nSPS) is 11.3. The number of hydrogen-bond acceptors (Lipinski definition) is 4. The van der Waals surface area contributed by atoms with Crippen LogP contribution in [0.3, 0.4) is 0 Å². The number of hydrogen-bond donors (Lipinski definition) is 0. The second-order valence-corrected chi connectivity index (χ2v) is 6.85. The van der Waals surface area contributed by atoms with Crippen LogP contribution in [-0.2, 0) is 13.7 Å². The van der Waals surface area contributed by atoms with Gasteiger partial charge in [0.05, 0.1) is 21.3 Å². The Bertz CT molecular complexity index is 1020. The molecular formula is C20H18Cl2N2O3. The van der Waals surface area contributed by atoms with Crippen molar-refractivity contribution in [1.29, 1.82) is 0 Å². The zero-order chi connectivity index (χ0) is 19.6. The smallest absolute Gasteiger partial charge is 0.189 e. The fourth-order valence-electron chi connectivity index (χ4n) is 2.65. The molecule has 7 heteroatoms. The lowest BCUT2D eigenvalue weighted by atomic mass is 10.1. The molecule has 140 valence electrons. The van der Waals surface area contributed by atoms with Gasteiger partial charge in [-0.1, -0.05) is 23.2 Å². The van der Waals surface area contributed by atoms with Crippen molar-refractivity contribution in [3.05, 3.63) is 74.9 Å². The van der Waals surface area contributed by atoms with Gasteiger partial charge < -0.3 is 9.15 Å². The van der Waals surface area contributed by atoms with Gasteiger partial charge in [-0.15, -0.1) is 0 Å². The number of halogens is 2. The number of aromatic nitrogens is 2. The predicted molar refractivity (Wildman–Crippen MR) is 106 cm³/mol. The Kier molecular flexibility index (Phi) is 5.73.